The van der Waals surface area contributed by atoms with E-state index in [4.69, 9.17) is 0 Å². The van der Waals surface area contributed by atoms with Gasteiger partial charge >= 0.3 is 0 Å². The third-order valence-corrected chi connectivity index (χ3v) is 7.33. The average molecular weight is 461 g/mol. The molecular weight excluding hydrogens is 437 g/mol. The molecule has 0 bridgehead atoms. The number of anilines is 1. The van der Waals surface area contributed by atoms with Gasteiger partial charge in [-0.2, -0.15) is 0 Å². The first-order valence-electron chi connectivity index (χ1n) is 11.1. The number of hydrogen-bond acceptors (Lipinski definition) is 3. The predicted molar refractivity (Wildman–Crippen MR) is 116 cm³/mol. The summed E-state index contributed by atoms with van der Waals surface area (Å²) in [6, 6.07) is 3.93. The van der Waals surface area contributed by atoms with E-state index in [1.54, 1.807) is 13.8 Å². The molecule has 1 heterocycles. The highest BCUT2D eigenvalue weighted by molar-refractivity contribution is 5.91. The van der Waals surface area contributed by atoms with Crippen molar-refractivity contribution in [2.24, 2.45) is 5.41 Å². The summed E-state index contributed by atoms with van der Waals surface area (Å²) in [6.45, 7) is 5.20. The quantitative estimate of drug-likeness (QED) is 0.428. The number of aryl methyl sites for hydroxylation is 1. The van der Waals surface area contributed by atoms with Gasteiger partial charge in [0.25, 0.3) is 5.92 Å². The lowest BCUT2D eigenvalue weighted by atomic mass is 9.68. The van der Waals surface area contributed by atoms with Crippen LogP contribution in [0.2, 0.25) is 0 Å². The van der Waals surface area contributed by atoms with E-state index >= 15 is 0 Å². The van der Waals surface area contributed by atoms with E-state index in [-0.39, 0.29) is 18.0 Å². The zero-order valence-corrected chi connectivity index (χ0v) is 18.5. The van der Waals surface area contributed by atoms with Crippen LogP contribution in [0.25, 0.3) is 10.9 Å². The van der Waals surface area contributed by atoms with Crippen molar-refractivity contribution in [2.75, 3.05) is 5.32 Å². The Kier molecular flexibility index (Phi) is 4.92. The third-order valence-electron chi connectivity index (χ3n) is 7.33. The van der Waals surface area contributed by atoms with E-state index in [9.17, 15) is 22.0 Å². The molecule has 1 aromatic heterocycles. The molecule has 5 rings (SSSR count). The van der Waals surface area contributed by atoms with Gasteiger partial charge in [0, 0.05) is 23.3 Å². The van der Waals surface area contributed by atoms with Gasteiger partial charge in [0.05, 0.1) is 17.0 Å². The topological polar surface area (TPSA) is 37.8 Å². The van der Waals surface area contributed by atoms with Crippen molar-refractivity contribution in [2.45, 2.75) is 64.1 Å². The van der Waals surface area contributed by atoms with Gasteiger partial charge in [-0.05, 0) is 61.4 Å². The van der Waals surface area contributed by atoms with Crippen molar-refractivity contribution in [3.63, 3.8) is 0 Å². The Morgan fingerprint density at radius 2 is 1.88 bits per heavy atom. The van der Waals surface area contributed by atoms with E-state index in [1.165, 1.54) is 30.5 Å². The fourth-order valence-corrected chi connectivity index (χ4v) is 5.70. The first-order valence-corrected chi connectivity index (χ1v) is 11.1. The first kappa shape index (κ1) is 22.0. The number of aromatic nitrogens is 2. The van der Waals surface area contributed by atoms with Gasteiger partial charge in [-0.15, -0.1) is 0 Å². The van der Waals surface area contributed by atoms with E-state index in [0.717, 1.165) is 0 Å². The minimum absolute atomic E-state index is 0.118. The zero-order chi connectivity index (χ0) is 23.7. The van der Waals surface area contributed by atoms with Crippen molar-refractivity contribution in [3.8, 4) is 0 Å². The average Bonchev–Trinajstić information content (AvgIpc) is 3.17. The first-order chi connectivity index (χ1) is 15.6. The zero-order valence-electron chi connectivity index (χ0n) is 18.5. The number of benzene rings is 2. The van der Waals surface area contributed by atoms with Crippen molar-refractivity contribution in [1.82, 2.24) is 9.97 Å². The van der Waals surface area contributed by atoms with Crippen LogP contribution in [0.4, 0.5) is 27.6 Å². The van der Waals surface area contributed by atoms with Crippen LogP contribution in [-0.2, 0) is 0 Å². The molecule has 2 aromatic carbocycles. The second-order valence-corrected chi connectivity index (χ2v) is 9.27. The monoisotopic (exact) mass is 461 g/mol. The number of nitrogens with zero attached hydrogens (tertiary/aromatic N) is 2. The molecule has 2 unspecified atom stereocenters. The lowest BCUT2D eigenvalue weighted by Gasteiger charge is -2.40. The molecule has 1 spiro atoms. The van der Waals surface area contributed by atoms with Crippen LogP contribution in [0.15, 0.2) is 30.5 Å². The van der Waals surface area contributed by atoms with Crippen LogP contribution in [0, 0.1) is 30.9 Å². The molecule has 1 fully saturated rings. The Morgan fingerprint density at radius 3 is 2.55 bits per heavy atom. The van der Waals surface area contributed by atoms with Gasteiger partial charge in [-0.3, -0.25) is 0 Å². The molecule has 0 saturated heterocycles. The maximum Gasteiger partial charge on any atom is 0.290 e. The molecule has 0 amide bonds. The van der Waals surface area contributed by atoms with Crippen LogP contribution >= 0.6 is 0 Å². The van der Waals surface area contributed by atoms with E-state index in [2.05, 4.69) is 15.3 Å². The Morgan fingerprint density at radius 1 is 1.15 bits per heavy atom. The smallest absolute Gasteiger partial charge is 0.290 e. The molecule has 0 aliphatic heterocycles. The minimum Gasteiger partial charge on any atom is -0.377 e. The van der Waals surface area contributed by atoms with Gasteiger partial charge in [-0.1, -0.05) is 19.4 Å². The molecule has 174 valence electrons. The summed E-state index contributed by atoms with van der Waals surface area (Å²) in [7, 11) is 0. The number of hydrogen-bond donors (Lipinski definition) is 1. The van der Waals surface area contributed by atoms with Crippen molar-refractivity contribution in [3.05, 3.63) is 64.6 Å². The molecule has 1 saturated carbocycles. The predicted octanol–water partition coefficient (Wildman–Crippen LogP) is 6.94. The van der Waals surface area contributed by atoms with Crippen molar-refractivity contribution in [1.29, 1.82) is 0 Å². The highest BCUT2D eigenvalue weighted by Gasteiger charge is 2.86. The summed E-state index contributed by atoms with van der Waals surface area (Å²) in [5.74, 6) is -4.53. The molecule has 33 heavy (non-hydrogen) atoms. The van der Waals surface area contributed by atoms with Crippen LogP contribution < -0.4 is 5.32 Å². The maximum atomic E-state index is 15.0. The summed E-state index contributed by atoms with van der Waals surface area (Å²) >= 11 is 0. The van der Waals surface area contributed by atoms with Gasteiger partial charge in [0.15, 0.2) is 6.17 Å². The van der Waals surface area contributed by atoms with Crippen LogP contribution in [0.1, 0.15) is 60.7 Å². The molecule has 2 aliphatic carbocycles. The number of halogens is 5. The minimum atomic E-state index is -3.55. The number of fused-ring (bicyclic) bond motifs is 2. The molecule has 8 heteroatoms. The van der Waals surface area contributed by atoms with E-state index in [0.29, 0.717) is 46.3 Å². The normalized spacial score (nSPS) is 27.6. The summed E-state index contributed by atoms with van der Waals surface area (Å²) in [4.78, 5) is 8.38. The number of nitrogens with one attached hydrogen (secondary N) is 1. The molecule has 3 nitrogen and oxygen atoms in total. The Labute approximate surface area is 188 Å². The van der Waals surface area contributed by atoms with Gasteiger partial charge in [0.1, 0.15) is 17.5 Å². The third kappa shape index (κ3) is 3.05. The van der Waals surface area contributed by atoms with Gasteiger partial charge in [0.2, 0.25) is 0 Å². The number of rotatable bonds is 4. The molecule has 4 atom stereocenters. The largest absolute Gasteiger partial charge is 0.377 e. The van der Waals surface area contributed by atoms with Crippen LogP contribution in [0.5, 0.6) is 0 Å². The SMILES string of the molecule is CCC[C@@H]1C[C@]2(C(Nc3cc(F)cc4nc(C)ncc34)c3ccc(F)c(C)c31)C(F)C2(F)F. The molecule has 0 radical (unpaired) electrons. The molecule has 3 aromatic rings. The second-order valence-electron chi connectivity index (χ2n) is 9.27. The Balaban J connectivity index is 1.71. The summed E-state index contributed by atoms with van der Waals surface area (Å²) in [6.07, 6.45) is 0.266. The van der Waals surface area contributed by atoms with Gasteiger partial charge < -0.3 is 5.32 Å². The van der Waals surface area contributed by atoms with Crippen LogP contribution in [0.3, 0.4) is 0 Å². The van der Waals surface area contributed by atoms with Gasteiger partial charge in [-0.25, -0.2) is 31.9 Å². The Hall–Kier alpha value is -2.77. The lowest BCUT2D eigenvalue weighted by Crippen LogP contribution is -2.35. The number of alkyl halides is 3. The Bertz CT molecular complexity index is 1260. The molecular formula is C25H24F5N3. The van der Waals surface area contributed by atoms with E-state index in [1.807, 2.05) is 6.92 Å². The lowest BCUT2D eigenvalue weighted by molar-refractivity contribution is 0.0384. The summed E-state index contributed by atoms with van der Waals surface area (Å²) in [5.41, 5.74) is -0.0183. The van der Waals surface area contributed by atoms with E-state index < -0.39 is 35.2 Å². The summed E-state index contributed by atoms with van der Waals surface area (Å²) in [5, 5.41) is 3.46. The fraction of sp³-hybridized carbons (Fsp3) is 0.440. The fourth-order valence-electron chi connectivity index (χ4n) is 5.70. The van der Waals surface area contributed by atoms with Crippen molar-refractivity contribution >= 4 is 16.6 Å². The second kappa shape index (κ2) is 7.37. The molecule has 2 aliphatic rings. The maximum absolute atomic E-state index is 15.0. The molecule has 1 N–H and O–H groups in total. The highest BCUT2D eigenvalue weighted by Crippen LogP contribution is 2.74. The standard InChI is InChI=1S/C25H24F5N3/c1-4-5-14-10-24(23(28)25(24,29)30)22(16-6-7-18(27)12(2)21(14)16)33-20-9-15(26)8-19-17(20)11-31-13(3)32-19/h6-9,11,14,22-23,33H,4-5,10H2,1-3H3/t14-,22?,23?,24+/m1/s1. The van der Waals surface area contributed by atoms with Crippen molar-refractivity contribution < 1.29 is 22.0 Å². The van der Waals surface area contributed by atoms with Crippen LogP contribution in [-0.4, -0.2) is 22.1 Å². The summed E-state index contributed by atoms with van der Waals surface area (Å²) < 4.78 is 73.8. The highest BCUT2D eigenvalue weighted by atomic mass is 19.3.